The first-order valence-electron chi connectivity index (χ1n) is 6.94. The minimum atomic E-state index is 0.668. The van der Waals surface area contributed by atoms with E-state index in [0.29, 0.717) is 18.4 Å². The Bertz CT molecular complexity index is 513. The first-order valence-corrected chi connectivity index (χ1v) is 6.94. The Labute approximate surface area is 119 Å². The van der Waals surface area contributed by atoms with Crippen LogP contribution >= 0.6 is 0 Å². The molecule has 0 aromatic carbocycles. The molecule has 5 heteroatoms. The van der Waals surface area contributed by atoms with Gasteiger partial charge in [-0.25, -0.2) is 4.98 Å². The van der Waals surface area contributed by atoms with Crippen molar-refractivity contribution in [3.63, 3.8) is 0 Å². The summed E-state index contributed by atoms with van der Waals surface area (Å²) in [6.45, 7) is 6.00. The highest BCUT2D eigenvalue weighted by Crippen LogP contribution is 2.08. The summed E-state index contributed by atoms with van der Waals surface area (Å²) in [5.41, 5.74) is 1.13. The average Bonchev–Trinajstić information content (AvgIpc) is 2.46. The van der Waals surface area contributed by atoms with Crippen LogP contribution in [0.2, 0.25) is 0 Å². The topological polar surface area (TPSA) is 62.7 Å². The zero-order valence-electron chi connectivity index (χ0n) is 12.0. The molecule has 2 heterocycles. The van der Waals surface area contributed by atoms with Crippen LogP contribution in [0.3, 0.4) is 0 Å². The zero-order chi connectivity index (χ0) is 14.2. The quantitative estimate of drug-likeness (QED) is 0.810. The molecule has 0 aliphatic carbocycles. The van der Waals surface area contributed by atoms with Gasteiger partial charge in [-0.2, -0.15) is 4.98 Å². The molecule has 20 heavy (non-hydrogen) atoms. The summed E-state index contributed by atoms with van der Waals surface area (Å²) in [5, 5.41) is 6.51. The second-order valence-corrected chi connectivity index (χ2v) is 5.09. The van der Waals surface area contributed by atoms with Gasteiger partial charge in [-0.05, 0) is 30.0 Å². The van der Waals surface area contributed by atoms with Crippen molar-refractivity contribution in [1.82, 2.24) is 15.0 Å². The highest BCUT2D eigenvalue weighted by atomic mass is 15.1. The number of nitrogens with one attached hydrogen (secondary N) is 2. The maximum atomic E-state index is 4.43. The molecule has 5 nitrogen and oxygen atoms in total. The van der Waals surface area contributed by atoms with Crippen molar-refractivity contribution in [2.24, 2.45) is 5.92 Å². The molecule has 0 radical (unpaired) electrons. The predicted octanol–water partition coefficient (Wildman–Crippen LogP) is 2.94. The predicted molar refractivity (Wildman–Crippen MR) is 81.5 cm³/mol. The van der Waals surface area contributed by atoms with Gasteiger partial charge >= 0.3 is 0 Å². The lowest BCUT2D eigenvalue weighted by Crippen LogP contribution is -2.09. The Hall–Kier alpha value is -2.17. The first-order chi connectivity index (χ1) is 9.74. The maximum Gasteiger partial charge on any atom is 0.224 e. The SMILES string of the molecule is CC(C)CCNc1nccc(NCc2cccnc2)n1. The Balaban J connectivity index is 1.86. The van der Waals surface area contributed by atoms with E-state index in [1.165, 1.54) is 0 Å². The smallest absolute Gasteiger partial charge is 0.224 e. The van der Waals surface area contributed by atoms with Crippen LogP contribution in [0, 0.1) is 5.92 Å². The molecule has 0 amide bonds. The summed E-state index contributed by atoms with van der Waals surface area (Å²) in [4.78, 5) is 12.7. The fourth-order valence-corrected chi connectivity index (χ4v) is 1.71. The van der Waals surface area contributed by atoms with Gasteiger partial charge in [0.1, 0.15) is 5.82 Å². The van der Waals surface area contributed by atoms with Gasteiger partial charge in [-0.3, -0.25) is 4.98 Å². The van der Waals surface area contributed by atoms with E-state index in [4.69, 9.17) is 0 Å². The van der Waals surface area contributed by atoms with E-state index >= 15 is 0 Å². The van der Waals surface area contributed by atoms with E-state index in [1.54, 1.807) is 12.4 Å². The van der Waals surface area contributed by atoms with Crippen LogP contribution in [-0.2, 0) is 6.54 Å². The van der Waals surface area contributed by atoms with Crippen LogP contribution < -0.4 is 10.6 Å². The van der Waals surface area contributed by atoms with Gasteiger partial charge in [0.25, 0.3) is 0 Å². The molecule has 0 aliphatic rings. The summed E-state index contributed by atoms with van der Waals surface area (Å²) < 4.78 is 0. The molecule has 0 saturated carbocycles. The van der Waals surface area contributed by atoms with Crippen molar-refractivity contribution >= 4 is 11.8 Å². The Morgan fingerprint density at radius 2 is 2.05 bits per heavy atom. The molecule has 2 aromatic heterocycles. The van der Waals surface area contributed by atoms with Gasteiger partial charge < -0.3 is 10.6 Å². The first kappa shape index (κ1) is 14.2. The van der Waals surface area contributed by atoms with Crippen molar-refractivity contribution < 1.29 is 0 Å². The summed E-state index contributed by atoms with van der Waals surface area (Å²) in [7, 11) is 0. The lowest BCUT2D eigenvalue weighted by atomic mass is 10.1. The van der Waals surface area contributed by atoms with Crippen molar-refractivity contribution in [1.29, 1.82) is 0 Å². The third-order valence-electron chi connectivity index (χ3n) is 2.86. The summed E-state index contributed by atoms with van der Waals surface area (Å²) >= 11 is 0. The monoisotopic (exact) mass is 271 g/mol. The van der Waals surface area contributed by atoms with E-state index in [0.717, 1.165) is 24.3 Å². The van der Waals surface area contributed by atoms with Crippen LogP contribution in [-0.4, -0.2) is 21.5 Å². The largest absolute Gasteiger partial charge is 0.366 e. The Morgan fingerprint density at radius 1 is 1.15 bits per heavy atom. The number of rotatable bonds is 7. The Morgan fingerprint density at radius 3 is 2.80 bits per heavy atom. The molecule has 0 unspecified atom stereocenters. The minimum Gasteiger partial charge on any atom is -0.366 e. The number of pyridine rings is 1. The van der Waals surface area contributed by atoms with Gasteiger partial charge in [0.05, 0.1) is 0 Å². The van der Waals surface area contributed by atoms with Gasteiger partial charge in [-0.1, -0.05) is 19.9 Å². The van der Waals surface area contributed by atoms with Crippen LogP contribution in [0.15, 0.2) is 36.8 Å². The highest BCUT2D eigenvalue weighted by Gasteiger charge is 2.00. The third kappa shape index (κ3) is 4.84. The van der Waals surface area contributed by atoms with Crippen molar-refractivity contribution in [3.8, 4) is 0 Å². The number of nitrogens with zero attached hydrogens (tertiary/aromatic N) is 3. The standard InChI is InChI=1S/C15H21N5/c1-12(2)5-8-17-15-18-9-6-14(20-15)19-11-13-4-3-7-16-10-13/h3-4,6-7,9-10,12H,5,8,11H2,1-2H3,(H2,17,18,19,20). The fraction of sp³-hybridized carbons (Fsp3) is 0.400. The van der Waals surface area contributed by atoms with E-state index < -0.39 is 0 Å². The number of aromatic nitrogens is 3. The molecule has 0 spiro atoms. The van der Waals surface area contributed by atoms with Gasteiger partial charge in [-0.15, -0.1) is 0 Å². The molecule has 2 rings (SSSR count). The number of hydrogen-bond acceptors (Lipinski definition) is 5. The average molecular weight is 271 g/mol. The lowest BCUT2D eigenvalue weighted by Gasteiger charge is -2.09. The normalized spacial score (nSPS) is 10.6. The second kappa shape index (κ2) is 7.43. The molecule has 2 aromatic rings. The van der Waals surface area contributed by atoms with Crippen LogP contribution in [0.5, 0.6) is 0 Å². The summed E-state index contributed by atoms with van der Waals surface area (Å²) in [6.07, 6.45) is 6.48. The fourth-order valence-electron chi connectivity index (χ4n) is 1.71. The second-order valence-electron chi connectivity index (χ2n) is 5.09. The maximum absolute atomic E-state index is 4.43. The molecular weight excluding hydrogens is 250 g/mol. The number of anilines is 2. The van der Waals surface area contributed by atoms with E-state index in [-0.39, 0.29) is 0 Å². The van der Waals surface area contributed by atoms with Crippen molar-refractivity contribution in [2.75, 3.05) is 17.2 Å². The van der Waals surface area contributed by atoms with Gasteiger partial charge in [0.15, 0.2) is 0 Å². The lowest BCUT2D eigenvalue weighted by molar-refractivity contribution is 0.606. The van der Waals surface area contributed by atoms with Crippen LogP contribution in [0.1, 0.15) is 25.8 Å². The van der Waals surface area contributed by atoms with Crippen LogP contribution in [0.25, 0.3) is 0 Å². The molecule has 0 atom stereocenters. The van der Waals surface area contributed by atoms with E-state index in [1.807, 2.05) is 24.4 Å². The van der Waals surface area contributed by atoms with Gasteiger partial charge in [0, 0.05) is 31.7 Å². The molecule has 2 N–H and O–H groups in total. The van der Waals surface area contributed by atoms with E-state index in [2.05, 4.69) is 39.4 Å². The van der Waals surface area contributed by atoms with Crippen molar-refractivity contribution in [2.45, 2.75) is 26.8 Å². The van der Waals surface area contributed by atoms with E-state index in [9.17, 15) is 0 Å². The molecule has 0 aliphatic heterocycles. The Kier molecular flexibility index (Phi) is 5.29. The molecule has 106 valence electrons. The molecule has 0 saturated heterocycles. The molecular formula is C15H21N5. The minimum absolute atomic E-state index is 0.668. The van der Waals surface area contributed by atoms with Gasteiger partial charge in [0.2, 0.25) is 5.95 Å². The van der Waals surface area contributed by atoms with Crippen LogP contribution in [0.4, 0.5) is 11.8 Å². The third-order valence-corrected chi connectivity index (χ3v) is 2.86. The highest BCUT2D eigenvalue weighted by molar-refractivity contribution is 5.40. The summed E-state index contributed by atoms with van der Waals surface area (Å²) in [5.74, 6) is 2.16. The molecule has 0 fully saturated rings. The number of hydrogen-bond donors (Lipinski definition) is 2. The zero-order valence-corrected chi connectivity index (χ0v) is 12.0. The summed E-state index contributed by atoms with van der Waals surface area (Å²) in [6, 6.07) is 5.82. The molecule has 0 bridgehead atoms. The van der Waals surface area contributed by atoms with Crippen molar-refractivity contribution in [3.05, 3.63) is 42.4 Å².